The highest BCUT2D eigenvalue weighted by molar-refractivity contribution is 7.88. The van der Waals surface area contributed by atoms with Gasteiger partial charge in [-0.15, -0.1) is 0 Å². The summed E-state index contributed by atoms with van der Waals surface area (Å²) in [7, 11) is -3.45. The van der Waals surface area contributed by atoms with Crippen LogP contribution in [0.5, 0.6) is 0 Å². The molecule has 2 rings (SSSR count). The number of sulfonamides is 1. The third-order valence-corrected chi connectivity index (χ3v) is 6.11. The molecule has 7 nitrogen and oxygen atoms in total. The zero-order chi connectivity index (χ0) is 19.3. The van der Waals surface area contributed by atoms with Crippen molar-refractivity contribution in [2.45, 2.75) is 26.3 Å². The Labute approximate surface area is 155 Å². The molecule has 1 heterocycles. The van der Waals surface area contributed by atoms with Gasteiger partial charge in [-0.05, 0) is 12.5 Å². The lowest BCUT2D eigenvalue weighted by atomic mass is 10.1. The summed E-state index contributed by atoms with van der Waals surface area (Å²) in [5.41, 5.74) is 0.889. The van der Waals surface area contributed by atoms with Gasteiger partial charge >= 0.3 is 0 Å². The Hall–Kier alpha value is -1.93. The van der Waals surface area contributed by atoms with Crippen LogP contribution in [0.1, 0.15) is 31.9 Å². The van der Waals surface area contributed by atoms with Crippen molar-refractivity contribution in [2.75, 3.05) is 39.0 Å². The first-order chi connectivity index (χ1) is 12.2. The summed E-state index contributed by atoms with van der Waals surface area (Å²) >= 11 is 0. The third kappa shape index (κ3) is 5.28. The smallest absolute Gasteiger partial charge is 0.224 e. The molecule has 0 aliphatic carbocycles. The molecule has 1 fully saturated rings. The lowest BCUT2D eigenvalue weighted by Gasteiger charge is -2.35. The topological polar surface area (TPSA) is 78.0 Å². The van der Waals surface area contributed by atoms with E-state index in [4.69, 9.17) is 0 Å². The molecule has 0 N–H and O–H groups in total. The van der Waals surface area contributed by atoms with E-state index in [9.17, 15) is 18.0 Å². The van der Waals surface area contributed by atoms with Crippen molar-refractivity contribution >= 4 is 21.8 Å². The molecule has 1 aliphatic heterocycles. The Bertz CT molecular complexity index is 728. The highest BCUT2D eigenvalue weighted by Crippen LogP contribution is 2.23. The zero-order valence-corrected chi connectivity index (χ0v) is 16.4. The summed E-state index contributed by atoms with van der Waals surface area (Å²) in [6.45, 7) is 5.52. The second-order valence-corrected chi connectivity index (χ2v) is 8.53. The van der Waals surface area contributed by atoms with Crippen molar-refractivity contribution in [3.05, 3.63) is 35.9 Å². The van der Waals surface area contributed by atoms with Crippen LogP contribution in [0.15, 0.2) is 30.3 Å². The third-order valence-electron chi connectivity index (χ3n) is 4.76. The highest BCUT2D eigenvalue weighted by Gasteiger charge is 2.27. The van der Waals surface area contributed by atoms with Crippen molar-refractivity contribution < 1.29 is 18.0 Å². The normalized spacial score (nSPS) is 16.6. The Morgan fingerprint density at radius 3 is 2.12 bits per heavy atom. The van der Waals surface area contributed by atoms with E-state index in [2.05, 4.69) is 0 Å². The summed E-state index contributed by atoms with van der Waals surface area (Å²) in [4.78, 5) is 27.2. The van der Waals surface area contributed by atoms with Crippen LogP contribution in [0.4, 0.5) is 0 Å². The van der Waals surface area contributed by atoms with Crippen LogP contribution < -0.4 is 0 Å². The van der Waals surface area contributed by atoms with Crippen LogP contribution in [0.3, 0.4) is 0 Å². The molecule has 0 radical (unpaired) electrons. The average Bonchev–Trinajstić information content (AvgIpc) is 2.61. The average molecular weight is 381 g/mol. The maximum atomic E-state index is 12.5. The first kappa shape index (κ1) is 20.4. The summed E-state index contributed by atoms with van der Waals surface area (Å²) in [5.74, 6) is -0.0702. The fraction of sp³-hybridized carbons (Fsp3) is 0.556. The standard InChI is InChI=1S/C18H27N3O4S/c1-15(17-7-5-4-6-8-17)21(26(3,24)25)10-9-18(23)20-13-11-19(12-14-20)16(2)22/h4-8,15H,9-14H2,1-3H3. The van der Waals surface area contributed by atoms with Crippen LogP contribution >= 0.6 is 0 Å². The van der Waals surface area contributed by atoms with E-state index in [0.29, 0.717) is 26.2 Å². The molecule has 1 aliphatic rings. The number of amides is 2. The van der Waals surface area contributed by atoms with Crippen LogP contribution in [0.2, 0.25) is 0 Å². The molecule has 1 atom stereocenters. The minimum absolute atomic E-state index is 0.0111. The summed E-state index contributed by atoms with van der Waals surface area (Å²) in [5, 5.41) is 0. The van der Waals surface area contributed by atoms with E-state index in [1.54, 1.807) is 9.80 Å². The summed E-state index contributed by atoms with van der Waals surface area (Å²) in [6.07, 6.45) is 1.30. The zero-order valence-electron chi connectivity index (χ0n) is 15.6. The molecule has 1 aromatic rings. The van der Waals surface area contributed by atoms with E-state index in [0.717, 1.165) is 5.56 Å². The van der Waals surface area contributed by atoms with E-state index >= 15 is 0 Å². The van der Waals surface area contributed by atoms with Gasteiger partial charge in [0.05, 0.1) is 6.26 Å². The monoisotopic (exact) mass is 381 g/mol. The molecule has 8 heteroatoms. The maximum Gasteiger partial charge on any atom is 0.224 e. The lowest BCUT2D eigenvalue weighted by Crippen LogP contribution is -2.50. The van der Waals surface area contributed by atoms with Crippen molar-refractivity contribution in [2.24, 2.45) is 0 Å². The van der Waals surface area contributed by atoms with Gasteiger partial charge in [-0.3, -0.25) is 9.59 Å². The predicted molar refractivity (Wildman–Crippen MR) is 99.9 cm³/mol. The van der Waals surface area contributed by atoms with Gasteiger partial charge in [-0.2, -0.15) is 4.31 Å². The molecular weight excluding hydrogens is 354 g/mol. The van der Waals surface area contributed by atoms with E-state index < -0.39 is 10.0 Å². The highest BCUT2D eigenvalue weighted by atomic mass is 32.2. The molecule has 1 saturated heterocycles. The van der Waals surface area contributed by atoms with Gasteiger partial charge in [0.25, 0.3) is 0 Å². The maximum absolute atomic E-state index is 12.5. The summed E-state index contributed by atoms with van der Waals surface area (Å²) < 4.78 is 25.8. The Kier molecular flexibility index (Phi) is 6.77. The molecule has 2 amide bonds. The SMILES string of the molecule is CC(=O)N1CCN(C(=O)CCN(C(C)c2ccccc2)S(C)(=O)=O)CC1. The first-order valence-corrected chi connectivity index (χ1v) is 10.6. The first-order valence-electron chi connectivity index (χ1n) is 8.75. The fourth-order valence-electron chi connectivity index (χ4n) is 3.18. The predicted octanol–water partition coefficient (Wildman–Crippen LogP) is 1.09. The summed E-state index contributed by atoms with van der Waals surface area (Å²) in [6, 6.07) is 9.04. The van der Waals surface area contributed by atoms with Gasteiger partial charge in [0.1, 0.15) is 0 Å². The number of rotatable bonds is 6. The number of piperazine rings is 1. The number of nitrogens with zero attached hydrogens (tertiary/aromatic N) is 3. The Morgan fingerprint density at radius 1 is 1.08 bits per heavy atom. The number of carbonyl (C=O) groups excluding carboxylic acids is 2. The van der Waals surface area contributed by atoms with Gasteiger partial charge in [-0.25, -0.2) is 8.42 Å². The van der Waals surface area contributed by atoms with E-state index in [1.807, 2.05) is 37.3 Å². The molecule has 1 aromatic carbocycles. The number of hydrogen-bond donors (Lipinski definition) is 0. The molecule has 1 unspecified atom stereocenters. The second-order valence-electron chi connectivity index (χ2n) is 6.60. The van der Waals surface area contributed by atoms with Crippen molar-refractivity contribution in [3.63, 3.8) is 0 Å². The van der Waals surface area contributed by atoms with Crippen LogP contribution in [0, 0.1) is 0 Å². The number of hydrogen-bond acceptors (Lipinski definition) is 4. The molecule has 26 heavy (non-hydrogen) atoms. The van der Waals surface area contributed by atoms with Crippen molar-refractivity contribution in [3.8, 4) is 0 Å². The number of carbonyl (C=O) groups is 2. The van der Waals surface area contributed by atoms with Crippen LogP contribution in [0.25, 0.3) is 0 Å². The van der Waals surface area contributed by atoms with Crippen molar-refractivity contribution in [1.29, 1.82) is 0 Å². The fourth-order valence-corrected chi connectivity index (χ4v) is 4.30. The molecule has 144 valence electrons. The van der Waals surface area contributed by atoms with E-state index in [1.165, 1.54) is 17.5 Å². The molecule has 0 bridgehead atoms. The van der Waals surface area contributed by atoms with Crippen LogP contribution in [-0.4, -0.2) is 73.3 Å². The molecule has 0 saturated carbocycles. The minimum Gasteiger partial charge on any atom is -0.339 e. The molecule has 0 aromatic heterocycles. The lowest BCUT2D eigenvalue weighted by molar-refractivity contribution is -0.138. The molecular formula is C18H27N3O4S. The second kappa shape index (κ2) is 8.64. The van der Waals surface area contributed by atoms with Gasteiger partial charge in [0.2, 0.25) is 21.8 Å². The Balaban J connectivity index is 1.97. The molecule has 0 spiro atoms. The minimum atomic E-state index is -3.45. The van der Waals surface area contributed by atoms with Gasteiger partial charge in [0.15, 0.2) is 0 Å². The quantitative estimate of drug-likeness (QED) is 0.739. The van der Waals surface area contributed by atoms with Gasteiger partial charge < -0.3 is 9.80 Å². The number of benzene rings is 1. The van der Waals surface area contributed by atoms with Gasteiger partial charge in [0, 0.05) is 52.1 Å². The van der Waals surface area contributed by atoms with Gasteiger partial charge in [-0.1, -0.05) is 30.3 Å². The van der Waals surface area contributed by atoms with Crippen LogP contribution in [-0.2, 0) is 19.6 Å². The largest absolute Gasteiger partial charge is 0.339 e. The van der Waals surface area contributed by atoms with Crippen molar-refractivity contribution in [1.82, 2.24) is 14.1 Å². The Morgan fingerprint density at radius 2 is 1.62 bits per heavy atom. The van der Waals surface area contributed by atoms with E-state index in [-0.39, 0.29) is 30.8 Å².